The quantitative estimate of drug-likeness (QED) is 0.629. The van der Waals surface area contributed by atoms with Crippen molar-refractivity contribution in [3.8, 4) is 11.4 Å². The van der Waals surface area contributed by atoms with Gasteiger partial charge in [-0.1, -0.05) is 0 Å². The topological polar surface area (TPSA) is 97.2 Å². The fraction of sp³-hybridized carbons (Fsp3) is 0.391. The number of carbonyl (C=O) groups excluding carboxylic acids is 1. The van der Waals surface area contributed by atoms with Gasteiger partial charge in [-0.3, -0.25) is 4.79 Å². The van der Waals surface area contributed by atoms with Crippen LogP contribution in [-0.4, -0.2) is 57.3 Å². The largest absolute Gasteiger partial charge is 0.372 e. The van der Waals surface area contributed by atoms with E-state index in [0.29, 0.717) is 30.0 Å². The number of hydrogen-bond acceptors (Lipinski definition) is 7. The Kier molecular flexibility index (Phi) is 5.45. The van der Waals surface area contributed by atoms with Gasteiger partial charge in [0, 0.05) is 38.8 Å². The normalized spacial score (nSPS) is 20.4. The van der Waals surface area contributed by atoms with Crippen LogP contribution in [0.2, 0.25) is 0 Å². The zero-order valence-electron chi connectivity index (χ0n) is 18.8. The molecule has 2 unspecified atom stereocenters. The van der Waals surface area contributed by atoms with E-state index in [2.05, 4.69) is 44.3 Å². The predicted molar refractivity (Wildman–Crippen MR) is 122 cm³/mol. The molecule has 0 bridgehead atoms. The van der Waals surface area contributed by atoms with Crippen LogP contribution in [0, 0.1) is 5.82 Å². The van der Waals surface area contributed by atoms with Crippen LogP contribution < -0.4 is 15.5 Å². The van der Waals surface area contributed by atoms with Crippen LogP contribution >= 0.6 is 0 Å². The van der Waals surface area contributed by atoms with Gasteiger partial charge in [0.2, 0.25) is 5.95 Å². The van der Waals surface area contributed by atoms with Crippen LogP contribution in [-0.2, 0) is 18.2 Å². The molecule has 10 heteroatoms. The number of amides is 1. The van der Waals surface area contributed by atoms with Gasteiger partial charge in [-0.25, -0.2) is 19.3 Å². The lowest BCUT2D eigenvalue weighted by Gasteiger charge is -2.36. The van der Waals surface area contributed by atoms with Gasteiger partial charge in [0.25, 0.3) is 5.91 Å². The van der Waals surface area contributed by atoms with Crippen LogP contribution in [0.5, 0.6) is 0 Å². The SMILES string of the molecule is CC1CN(c2ccc(Nc3ncc(F)c(-c4cc5c(n4C)CCNC5=O)n3)nc2)CC(C)O1. The average Bonchev–Trinajstić information content (AvgIpc) is 3.13. The minimum atomic E-state index is -0.558. The lowest BCUT2D eigenvalue weighted by molar-refractivity contribution is -0.00523. The highest BCUT2D eigenvalue weighted by Gasteiger charge is 2.25. The summed E-state index contributed by atoms with van der Waals surface area (Å²) < 4.78 is 22.3. The fourth-order valence-corrected chi connectivity index (χ4v) is 4.52. The first-order valence-corrected chi connectivity index (χ1v) is 11.0. The van der Waals surface area contributed by atoms with E-state index in [9.17, 15) is 9.18 Å². The Labute approximate surface area is 191 Å². The van der Waals surface area contributed by atoms with Crippen molar-refractivity contribution < 1.29 is 13.9 Å². The molecule has 9 nitrogen and oxygen atoms in total. The van der Waals surface area contributed by atoms with E-state index < -0.39 is 5.82 Å². The van der Waals surface area contributed by atoms with Crippen molar-refractivity contribution in [1.82, 2.24) is 24.8 Å². The molecule has 3 aromatic rings. The molecule has 0 aliphatic carbocycles. The first-order chi connectivity index (χ1) is 15.9. The van der Waals surface area contributed by atoms with Gasteiger partial charge in [0.05, 0.1) is 41.5 Å². The summed E-state index contributed by atoms with van der Waals surface area (Å²) in [6.07, 6.45) is 3.92. The Hall–Kier alpha value is -3.53. The third-order valence-electron chi connectivity index (χ3n) is 6.01. The molecule has 1 amide bonds. The molecule has 2 aliphatic rings. The zero-order valence-corrected chi connectivity index (χ0v) is 18.8. The average molecular weight is 452 g/mol. The number of fused-ring (bicyclic) bond motifs is 1. The Morgan fingerprint density at radius 2 is 1.97 bits per heavy atom. The lowest BCUT2D eigenvalue weighted by atomic mass is 10.1. The number of pyridine rings is 1. The first kappa shape index (κ1) is 21.3. The number of halogens is 1. The summed E-state index contributed by atoms with van der Waals surface area (Å²) in [5, 5.41) is 5.86. The Bertz CT molecular complexity index is 1180. The minimum absolute atomic E-state index is 0.130. The number of nitrogens with zero attached hydrogens (tertiary/aromatic N) is 5. The van der Waals surface area contributed by atoms with Crippen molar-refractivity contribution in [3.63, 3.8) is 0 Å². The Morgan fingerprint density at radius 1 is 1.18 bits per heavy atom. The molecule has 1 fully saturated rings. The van der Waals surface area contributed by atoms with Crippen molar-refractivity contribution in [2.75, 3.05) is 29.9 Å². The second kappa shape index (κ2) is 8.43. The highest BCUT2D eigenvalue weighted by Crippen LogP contribution is 2.28. The van der Waals surface area contributed by atoms with Crippen molar-refractivity contribution in [2.45, 2.75) is 32.5 Å². The van der Waals surface area contributed by atoms with Crippen molar-refractivity contribution >= 4 is 23.4 Å². The predicted octanol–water partition coefficient (Wildman–Crippen LogP) is 2.66. The lowest BCUT2D eigenvalue weighted by Crippen LogP contribution is -2.45. The monoisotopic (exact) mass is 451 g/mol. The molecular weight excluding hydrogens is 425 g/mol. The third kappa shape index (κ3) is 4.13. The van der Waals surface area contributed by atoms with E-state index in [4.69, 9.17) is 4.74 Å². The second-order valence-corrected chi connectivity index (χ2v) is 8.53. The number of nitrogens with one attached hydrogen (secondary N) is 2. The molecule has 33 heavy (non-hydrogen) atoms. The van der Waals surface area contributed by atoms with E-state index >= 15 is 0 Å². The van der Waals surface area contributed by atoms with E-state index in [0.717, 1.165) is 30.7 Å². The molecule has 5 heterocycles. The standard InChI is InChI=1S/C23H26FN7O2/c1-13-11-31(12-14(2)33-13)15-4-5-20(26-9-15)28-23-27-10-17(24)21(29-23)19-8-16-18(30(19)3)6-7-25-22(16)32/h4-5,8-10,13-14H,6-7,11-12H2,1-3H3,(H,25,32)(H,26,27,28,29). The molecule has 0 aromatic carbocycles. The molecule has 172 valence electrons. The summed E-state index contributed by atoms with van der Waals surface area (Å²) in [7, 11) is 1.81. The summed E-state index contributed by atoms with van der Waals surface area (Å²) in [4.78, 5) is 27.3. The number of carbonyl (C=O) groups is 1. The number of rotatable bonds is 4. The molecule has 2 aliphatic heterocycles. The molecule has 0 saturated carbocycles. The summed E-state index contributed by atoms with van der Waals surface area (Å²) in [6.45, 7) is 6.30. The van der Waals surface area contributed by atoms with Gasteiger partial charge in [-0.2, -0.15) is 0 Å². The fourth-order valence-electron chi connectivity index (χ4n) is 4.52. The minimum Gasteiger partial charge on any atom is -0.372 e. The molecule has 5 rings (SSSR count). The summed E-state index contributed by atoms with van der Waals surface area (Å²) in [5.74, 6) is 0.0668. The van der Waals surface area contributed by atoms with Gasteiger partial charge in [0.15, 0.2) is 5.82 Å². The summed E-state index contributed by atoms with van der Waals surface area (Å²) in [5.41, 5.74) is 3.08. The first-order valence-electron chi connectivity index (χ1n) is 11.0. The molecule has 0 radical (unpaired) electrons. The van der Waals surface area contributed by atoms with Crippen LogP contribution in [0.25, 0.3) is 11.4 Å². The number of hydrogen-bond donors (Lipinski definition) is 2. The van der Waals surface area contributed by atoms with Gasteiger partial charge in [-0.15, -0.1) is 0 Å². The van der Waals surface area contributed by atoms with Gasteiger partial charge >= 0.3 is 0 Å². The van der Waals surface area contributed by atoms with Crippen LogP contribution in [0.3, 0.4) is 0 Å². The third-order valence-corrected chi connectivity index (χ3v) is 6.01. The molecular formula is C23H26FN7O2. The smallest absolute Gasteiger partial charge is 0.253 e. The number of anilines is 3. The second-order valence-electron chi connectivity index (χ2n) is 8.53. The molecule has 3 aromatic heterocycles. The molecule has 1 saturated heterocycles. The van der Waals surface area contributed by atoms with E-state index in [-0.39, 0.29) is 29.8 Å². The number of morpholine rings is 1. The molecule has 2 N–H and O–H groups in total. The summed E-state index contributed by atoms with van der Waals surface area (Å²) in [6, 6.07) is 5.50. The van der Waals surface area contributed by atoms with Crippen molar-refractivity contribution in [3.05, 3.63) is 47.7 Å². The van der Waals surface area contributed by atoms with Crippen LogP contribution in [0.4, 0.5) is 21.8 Å². The van der Waals surface area contributed by atoms with Gasteiger partial charge in [-0.05, 0) is 32.0 Å². The molecule has 2 atom stereocenters. The highest BCUT2D eigenvalue weighted by atomic mass is 19.1. The van der Waals surface area contributed by atoms with Crippen LogP contribution in [0.15, 0.2) is 30.6 Å². The van der Waals surface area contributed by atoms with Gasteiger partial charge < -0.3 is 24.8 Å². The van der Waals surface area contributed by atoms with E-state index in [1.54, 1.807) is 12.3 Å². The van der Waals surface area contributed by atoms with E-state index in [1.807, 2.05) is 23.7 Å². The zero-order chi connectivity index (χ0) is 23.1. The highest BCUT2D eigenvalue weighted by molar-refractivity contribution is 5.97. The number of ether oxygens (including phenoxy) is 1. The maximum atomic E-state index is 14.7. The van der Waals surface area contributed by atoms with Crippen molar-refractivity contribution in [1.29, 1.82) is 0 Å². The molecule has 0 spiro atoms. The van der Waals surface area contributed by atoms with Gasteiger partial charge in [0.1, 0.15) is 11.5 Å². The number of aromatic nitrogens is 4. The maximum Gasteiger partial charge on any atom is 0.253 e. The maximum absolute atomic E-state index is 14.7. The van der Waals surface area contributed by atoms with Crippen molar-refractivity contribution in [2.24, 2.45) is 7.05 Å². The Balaban J connectivity index is 1.38. The van der Waals surface area contributed by atoms with E-state index in [1.165, 1.54) is 0 Å². The summed E-state index contributed by atoms with van der Waals surface area (Å²) >= 11 is 0. The van der Waals surface area contributed by atoms with Crippen LogP contribution in [0.1, 0.15) is 29.9 Å². The Morgan fingerprint density at radius 3 is 2.67 bits per heavy atom.